The lowest BCUT2D eigenvalue weighted by Crippen LogP contribution is -2.42. The first-order valence-corrected chi connectivity index (χ1v) is 5.43. The molecule has 1 amide bonds. The molecule has 17 heavy (non-hydrogen) atoms. The first-order chi connectivity index (χ1) is 8.08. The van der Waals surface area contributed by atoms with E-state index in [-0.39, 0.29) is 5.75 Å². The number of thiol groups is 1. The van der Waals surface area contributed by atoms with Gasteiger partial charge in [-0.05, 0) is 24.3 Å². The Morgan fingerprint density at radius 3 is 2.41 bits per heavy atom. The lowest BCUT2D eigenvalue weighted by Gasteiger charge is -2.11. The van der Waals surface area contributed by atoms with Gasteiger partial charge >= 0.3 is 5.97 Å². The Bertz CT molecular complexity index is 462. The normalized spacial score (nSPS) is 11.3. The monoisotopic (exact) mass is 249 g/mol. The van der Waals surface area contributed by atoms with Crippen molar-refractivity contribution < 1.29 is 14.7 Å². The van der Waals surface area contributed by atoms with E-state index in [1.807, 2.05) is 0 Å². The summed E-state index contributed by atoms with van der Waals surface area (Å²) in [5.41, 5.74) is 1.02. The van der Waals surface area contributed by atoms with Gasteiger partial charge in [0, 0.05) is 16.9 Å². The van der Waals surface area contributed by atoms with Crippen molar-refractivity contribution in [3.05, 3.63) is 35.4 Å². The highest BCUT2D eigenvalue weighted by Crippen LogP contribution is 2.04. The number of hydrogen-bond donors (Lipinski definition) is 3. The third-order valence-electron chi connectivity index (χ3n) is 2.10. The molecule has 0 saturated carbocycles. The van der Waals surface area contributed by atoms with Gasteiger partial charge in [0.25, 0.3) is 5.91 Å². The van der Waals surface area contributed by atoms with Crippen LogP contribution >= 0.6 is 12.6 Å². The molecular formula is C12H11NO3S. The molecule has 0 fully saturated rings. The van der Waals surface area contributed by atoms with Gasteiger partial charge in [-0.2, -0.15) is 12.6 Å². The Labute approximate surface area is 104 Å². The maximum absolute atomic E-state index is 11.7. The largest absolute Gasteiger partial charge is 0.480 e. The molecule has 0 spiro atoms. The van der Waals surface area contributed by atoms with Gasteiger partial charge in [0.2, 0.25) is 0 Å². The van der Waals surface area contributed by atoms with Gasteiger partial charge in [-0.15, -0.1) is 6.42 Å². The molecule has 1 aromatic rings. The Balaban J connectivity index is 2.76. The molecule has 5 heteroatoms. The molecule has 2 N–H and O–H groups in total. The van der Waals surface area contributed by atoms with Crippen LogP contribution in [-0.4, -0.2) is 28.8 Å². The van der Waals surface area contributed by atoms with Gasteiger partial charge in [-0.25, -0.2) is 4.79 Å². The zero-order valence-electron chi connectivity index (χ0n) is 8.88. The number of aliphatic carboxylic acids is 1. The Kier molecular flexibility index (Phi) is 4.61. The van der Waals surface area contributed by atoms with E-state index in [1.54, 1.807) is 24.3 Å². The van der Waals surface area contributed by atoms with Crippen molar-refractivity contribution in [2.24, 2.45) is 0 Å². The zero-order valence-corrected chi connectivity index (χ0v) is 9.78. The molecule has 1 atom stereocenters. The molecule has 0 bridgehead atoms. The summed E-state index contributed by atoms with van der Waals surface area (Å²) in [7, 11) is 0. The highest BCUT2D eigenvalue weighted by Gasteiger charge is 2.18. The number of hydrogen-bond acceptors (Lipinski definition) is 3. The van der Waals surface area contributed by atoms with Crippen molar-refractivity contribution >= 4 is 24.5 Å². The zero-order chi connectivity index (χ0) is 12.8. The fraction of sp³-hybridized carbons (Fsp3) is 0.167. The summed E-state index contributed by atoms with van der Waals surface area (Å²) in [6.07, 6.45) is 5.18. The second-order valence-electron chi connectivity index (χ2n) is 3.27. The van der Waals surface area contributed by atoms with Crippen molar-refractivity contribution in [1.29, 1.82) is 0 Å². The topological polar surface area (TPSA) is 66.4 Å². The number of carbonyl (C=O) groups is 2. The molecule has 0 unspecified atom stereocenters. The van der Waals surface area contributed by atoms with Gasteiger partial charge in [-0.3, -0.25) is 4.79 Å². The first kappa shape index (κ1) is 13.1. The van der Waals surface area contributed by atoms with Gasteiger partial charge in [0.05, 0.1) is 0 Å². The number of carboxylic acid groups (broad SMARTS) is 1. The van der Waals surface area contributed by atoms with Gasteiger partial charge in [-0.1, -0.05) is 5.92 Å². The van der Waals surface area contributed by atoms with E-state index in [9.17, 15) is 9.59 Å². The van der Waals surface area contributed by atoms with Crippen molar-refractivity contribution in [2.45, 2.75) is 6.04 Å². The number of rotatable bonds is 4. The quantitative estimate of drug-likeness (QED) is 0.546. The SMILES string of the molecule is C#Cc1ccc(C(=O)N[C@@H](CS)C(=O)O)cc1. The Morgan fingerprint density at radius 2 is 2.00 bits per heavy atom. The lowest BCUT2D eigenvalue weighted by atomic mass is 10.1. The van der Waals surface area contributed by atoms with E-state index in [0.29, 0.717) is 11.1 Å². The average Bonchev–Trinajstić information content (AvgIpc) is 2.35. The highest BCUT2D eigenvalue weighted by atomic mass is 32.1. The molecule has 0 aromatic heterocycles. The van der Waals surface area contributed by atoms with E-state index < -0.39 is 17.9 Å². The van der Waals surface area contributed by atoms with Crippen LogP contribution in [-0.2, 0) is 4.79 Å². The minimum atomic E-state index is -1.12. The summed E-state index contributed by atoms with van der Waals surface area (Å²) in [4.78, 5) is 22.4. The molecule has 4 nitrogen and oxygen atoms in total. The standard InChI is InChI=1S/C12H11NO3S/c1-2-8-3-5-9(6-4-8)11(14)13-10(7-17)12(15)16/h1,3-6,10,17H,7H2,(H,13,14)(H,15,16)/t10-/m0/s1. The molecule has 0 aliphatic rings. The molecule has 0 aliphatic heterocycles. The minimum absolute atomic E-state index is 0.0313. The van der Waals surface area contributed by atoms with Crippen LogP contribution in [0.1, 0.15) is 15.9 Å². The summed E-state index contributed by atoms with van der Waals surface area (Å²) in [6, 6.07) is 5.32. The molecule has 0 radical (unpaired) electrons. The van der Waals surface area contributed by atoms with Crippen molar-refractivity contribution in [2.75, 3.05) is 5.75 Å². The van der Waals surface area contributed by atoms with Crippen molar-refractivity contribution in [3.63, 3.8) is 0 Å². The van der Waals surface area contributed by atoms with Crippen LogP contribution in [0.5, 0.6) is 0 Å². The van der Waals surface area contributed by atoms with E-state index in [0.717, 1.165) is 0 Å². The Morgan fingerprint density at radius 1 is 1.41 bits per heavy atom. The summed E-state index contributed by atoms with van der Waals surface area (Å²) < 4.78 is 0. The molecular weight excluding hydrogens is 238 g/mol. The van der Waals surface area contributed by atoms with Crippen LogP contribution in [0.15, 0.2) is 24.3 Å². The van der Waals surface area contributed by atoms with Crippen LogP contribution in [0, 0.1) is 12.3 Å². The molecule has 1 rings (SSSR count). The number of benzene rings is 1. The average molecular weight is 249 g/mol. The number of carboxylic acids is 1. The van der Waals surface area contributed by atoms with Gasteiger partial charge in [0.15, 0.2) is 0 Å². The smallest absolute Gasteiger partial charge is 0.327 e. The number of terminal acetylenes is 1. The third kappa shape index (κ3) is 3.54. The molecule has 0 aliphatic carbocycles. The van der Waals surface area contributed by atoms with E-state index in [4.69, 9.17) is 11.5 Å². The Hall–Kier alpha value is -1.93. The third-order valence-corrected chi connectivity index (χ3v) is 2.46. The fourth-order valence-corrected chi connectivity index (χ4v) is 1.39. The molecule has 0 heterocycles. The summed E-state index contributed by atoms with van der Waals surface area (Å²) >= 11 is 3.85. The van der Waals surface area contributed by atoms with Gasteiger partial charge in [0.1, 0.15) is 6.04 Å². The van der Waals surface area contributed by atoms with Gasteiger partial charge < -0.3 is 10.4 Å². The number of nitrogens with one attached hydrogen (secondary N) is 1. The minimum Gasteiger partial charge on any atom is -0.480 e. The molecule has 0 saturated heterocycles. The highest BCUT2D eigenvalue weighted by molar-refractivity contribution is 7.80. The predicted molar refractivity (Wildman–Crippen MR) is 67.1 cm³/mol. The summed E-state index contributed by atoms with van der Waals surface area (Å²) in [5, 5.41) is 11.1. The van der Waals surface area contributed by atoms with Crippen LogP contribution < -0.4 is 5.32 Å². The van der Waals surface area contributed by atoms with Crippen molar-refractivity contribution in [1.82, 2.24) is 5.32 Å². The van der Waals surface area contributed by atoms with E-state index in [2.05, 4.69) is 23.9 Å². The summed E-state index contributed by atoms with van der Waals surface area (Å²) in [6.45, 7) is 0. The van der Waals surface area contributed by atoms with Crippen LogP contribution in [0.25, 0.3) is 0 Å². The maximum Gasteiger partial charge on any atom is 0.327 e. The fourth-order valence-electron chi connectivity index (χ4n) is 1.14. The second kappa shape index (κ2) is 5.97. The number of amides is 1. The lowest BCUT2D eigenvalue weighted by molar-refractivity contribution is -0.138. The molecule has 1 aromatic carbocycles. The predicted octanol–water partition coefficient (Wildman–Crippen LogP) is 0.781. The van der Waals surface area contributed by atoms with Crippen LogP contribution in [0.2, 0.25) is 0 Å². The second-order valence-corrected chi connectivity index (χ2v) is 3.63. The molecule has 88 valence electrons. The van der Waals surface area contributed by atoms with E-state index in [1.165, 1.54) is 0 Å². The van der Waals surface area contributed by atoms with Crippen LogP contribution in [0.3, 0.4) is 0 Å². The summed E-state index contributed by atoms with van der Waals surface area (Å²) in [5.74, 6) is 0.877. The number of carbonyl (C=O) groups excluding carboxylic acids is 1. The first-order valence-electron chi connectivity index (χ1n) is 4.79. The van der Waals surface area contributed by atoms with E-state index >= 15 is 0 Å². The van der Waals surface area contributed by atoms with Crippen molar-refractivity contribution in [3.8, 4) is 12.3 Å². The maximum atomic E-state index is 11.7. The van der Waals surface area contributed by atoms with Crippen LogP contribution in [0.4, 0.5) is 0 Å².